The Morgan fingerprint density at radius 3 is 2.78 bits per heavy atom. The number of likely N-dealkylation sites (N-methyl/N-ethyl adjacent to an activating group) is 1. The van der Waals surface area contributed by atoms with Gasteiger partial charge in [-0.3, -0.25) is 4.90 Å². The maximum atomic E-state index is 13.6. The highest BCUT2D eigenvalue weighted by Crippen LogP contribution is 2.14. The van der Waals surface area contributed by atoms with Gasteiger partial charge in [-0.05, 0) is 32.2 Å². The molecule has 0 heterocycles. The molecule has 1 atom stereocenters. The van der Waals surface area contributed by atoms with Gasteiger partial charge >= 0.3 is 5.97 Å². The zero-order chi connectivity index (χ0) is 13.7. The Bertz CT molecular complexity index is 423. The van der Waals surface area contributed by atoms with Crippen LogP contribution in [0.15, 0.2) is 18.2 Å². The summed E-state index contributed by atoms with van der Waals surface area (Å²) < 4.78 is 18.6. The van der Waals surface area contributed by atoms with Crippen LogP contribution in [0.25, 0.3) is 0 Å². The van der Waals surface area contributed by atoms with E-state index >= 15 is 0 Å². The first-order valence-electron chi connectivity index (χ1n) is 5.66. The fraction of sp³-hybridized carbons (Fsp3) is 0.462. The summed E-state index contributed by atoms with van der Waals surface area (Å²) in [7, 11) is 3.45. The number of hydrogen-bond donors (Lipinski definition) is 1. The first-order chi connectivity index (χ1) is 8.45. The van der Waals surface area contributed by atoms with E-state index in [1.165, 1.54) is 18.2 Å². The van der Waals surface area contributed by atoms with Crippen LogP contribution in [-0.2, 0) is 11.3 Å². The molecule has 0 fully saturated rings. The third-order valence-corrected chi connectivity index (χ3v) is 2.87. The molecule has 0 bridgehead atoms. The Balaban J connectivity index is 2.83. The number of carboxylic acid groups (broad SMARTS) is 1. The third kappa shape index (κ3) is 3.78. The van der Waals surface area contributed by atoms with Crippen molar-refractivity contribution in [2.75, 3.05) is 20.8 Å². The first kappa shape index (κ1) is 14.6. The molecule has 18 heavy (non-hydrogen) atoms. The number of ether oxygens (including phenoxy) is 1. The molecule has 0 aliphatic heterocycles. The van der Waals surface area contributed by atoms with Gasteiger partial charge < -0.3 is 9.84 Å². The SMILES string of the molecule is COCC(C)N(C)Cc1cc(C(=O)O)ccc1F. The topological polar surface area (TPSA) is 49.8 Å². The molecule has 0 spiro atoms. The van der Waals surface area contributed by atoms with Crippen molar-refractivity contribution >= 4 is 5.97 Å². The van der Waals surface area contributed by atoms with Gasteiger partial charge in [-0.1, -0.05) is 0 Å². The first-order valence-corrected chi connectivity index (χ1v) is 5.66. The number of methoxy groups -OCH3 is 1. The van der Waals surface area contributed by atoms with Crippen molar-refractivity contribution in [3.8, 4) is 0 Å². The van der Waals surface area contributed by atoms with Crippen LogP contribution >= 0.6 is 0 Å². The second kappa shape index (κ2) is 6.47. The van der Waals surface area contributed by atoms with Gasteiger partial charge in [0.1, 0.15) is 5.82 Å². The Hall–Kier alpha value is -1.46. The predicted molar refractivity (Wildman–Crippen MR) is 66.2 cm³/mol. The number of carbonyl (C=O) groups is 1. The molecular weight excluding hydrogens is 237 g/mol. The van der Waals surface area contributed by atoms with Gasteiger partial charge in [0.05, 0.1) is 12.2 Å². The van der Waals surface area contributed by atoms with Crippen molar-refractivity contribution in [1.29, 1.82) is 0 Å². The van der Waals surface area contributed by atoms with E-state index in [1.807, 2.05) is 18.9 Å². The number of hydrogen-bond acceptors (Lipinski definition) is 3. The molecule has 0 aromatic heterocycles. The maximum Gasteiger partial charge on any atom is 0.335 e. The maximum absolute atomic E-state index is 13.6. The average Bonchev–Trinajstić information content (AvgIpc) is 2.31. The molecule has 100 valence electrons. The van der Waals surface area contributed by atoms with Gasteiger partial charge in [0.2, 0.25) is 0 Å². The summed E-state index contributed by atoms with van der Waals surface area (Å²) in [5, 5.41) is 8.87. The Morgan fingerprint density at radius 1 is 1.56 bits per heavy atom. The third-order valence-electron chi connectivity index (χ3n) is 2.87. The summed E-state index contributed by atoms with van der Waals surface area (Å²) in [6, 6.07) is 3.95. The highest BCUT2D eigenvalue weighted by atomic mass is 19.1. The highest BCUT2D eigenvalue weighted by Gasteiger charge is 2.13. The summed E-state index contributed by atoms with van der Waals surface area (Å²) in [6.45, 7) is 2.84. The van der Waals surface area contributed by atoms with Gasteiger partial charge in [-0.25, -0.2) is 9.18 Å². The largest absolute Gasteiger partial charge is 0.478 e. The molecule has 0 amide bonds. The molecule has 1 aromatic carbocycles. The van der Waals surface area contributed by atoms with Gasteiger partial charge in [0, 0.05) is 25.3 Å². The van der Waals surface area contributed by atoms with E-state index in [0.717, 1.165) is 0 Å². The van der Waals surface area contributed by atoms with Crippen molar-refractivity contribution in [2.45, 2.75) is 19.5 Å². The second-order valence-electron chi connectivity index (χ2n) is 4.33. The van der Waals surface area contributed by atoms with Crippen molar-refractivity contribution in [3.63, 3.8) is 0 Å². The van der Waals surface area contributed by atoms with Crippen LogP contribution in [0.5, 0.6) is 0 Å². The lowest BCUT2D eigenvalue weighted by molar-refractivity contribution is 0.0696. The van der Waals surface area contributed by atoms with E-state index in [4.69, 9.17) is 9.84 Å². The van der Waals surface area contributed by atoms with Crippen molar-refractivity contribution in [2.24, 2.45) is 0 Å². The Morgan fingerprint density at radius 2 is 2.22 bits per heavy atom. The van der Waals surface area contributed by atoms with Crippen LogP contribution in [0.4, 0.5) is 4.39 Å². The number of rotatable bonds is 6. The summed E-state index contributed by atoms with van der Waals surface area (Å²) in [4.78, 5) is 12.7. The Kier molecular flexibility index (Phi) is 5.25. The van der Waals surface area contributed by atoms with E-state index in [-0.39, 0.29) is 11.6 Å². The lowest BCUT2D eigenvalue weighted by Gasteiger charge is -2.24. The molecular formula is C13H18FNO3. The van der Waals surface area contributed by atoms with Crippen LogP contribution in [-0.4, -0.2) is 42.8 Å². The van der Waals surface area contributed by atoms with Gasteiger partial charge in [0.25, 0.3) is 0 Å². The number of carboxylic acids is 1. The van der Waals surface area contributed by atoms with E-state index in [2.05, 4.69) is 0 Å². The van der Waals surface area contributed by atoms with Gasteiger partial charge in [-0.15, -0.1) is 0 Å². The monoisotopic (exact) mass is 255 g/mol. The molecule has 5 heteroatoms. The predicted octanol–water partition coefficient (Wildman–Crippen LogP) is 1.99. The smallest absolute Gasteiger partial charge is 0.335 e. The van der Waals surface area contributed by atoms with E-state index in [1.54, 1.807) is 7.11 Å². The van der Waals surface area contributed by atoms with Crippen molar-refractivity contribution in [1.82, 2.24) is 4.90 Å². The normalized spacial score (nSPS) is 12.7. The van der Waals surface area contributed by atoms with Crippen LogP contribution in [0.3, 0.4) is 0 Å². The standard InChI is InChI=1S/C13H18FNO3/c1-9(8-18-3)15(2)7-11-6-10(13(16)17)4-5-12(11)14/h4-6,9H,7-8H2,1-3H3,(H,16,17). The lowest BCUT2D eigenvalue weighted by atomic mass is 10.1. The number of benzene rings is 1. The van der Waals surface area contributed by atoms with Crippen molar-refractivity contribution in [3.05, 3.63) is 35.1 Å². The van der Waals surface area contributed by atoms with Crippen molar-refractivity contribution < 1.29 is 19.0 Å². The number of aromatic carboxylic acids is 1. The summed E-state index contributed by atoms with van der Waals surface area (Å²) in [5.74, 6) is -1.44. The zero-order valence-corrected chi connectivity index (χ0v) is 10.8. The lowest BCUT2D eigenvalue weighted by Crippen LogP contribution is -2.32. The summed E-state index contributed by atoms with van der Waals surface area (Å²) in [5.41, 5.74) is 0.472. The molecule has 0 saturated carbocycles. The van der Waals surface area contributed by atoms with E-state index < -0.39 is 11.8 Å². The highest BCUT2D eigenvalue weighted by molar-refractivity contribution is 5.87. The van der Waals surface area contributed by atoms with Crippen LogP contribution in [0.2, 0.25) is 0 Å². The Labute approximate surface area is 106 Å². The molecule has 1 N–H and O–H groups in total. The van der Waals surface area contributed by atoms with Crippen LogP contribution < -0.4 is 0 Å². The number of halogens is 1. The fourth-order valence-corrected chi connectivity index (χ4v) is 1.62. The van der Waals surface area contributed by atoms with E-state index in [0.29, 0.717) is 18.7 Å². The molecule has 1 aromatic rings. The fourth-order valence-electron chi connectivity index (χ4n) is 1.62. The van der Waals surface area contributed by atoms with Crippen LogP contribution in [0, 0.1) is 5.82 Å². The van der Waals surface area contributed by atoms with Gasteiger partial charge in [0.15, 0.2) is 0 Å². The summed E-state index contributed by atoms with van der Waals surface area (Å²) in [6.07, 6.45) is 0. The summed E-state index contributed by atoms with van der Waals surface area (Å²) >= 11 is 0. The number of nitrogens with zero attached hydrogens (tertiary/aromatic N) is 1. The molecule has 0 aliphatic rings. The molecule has 0 aliphatic carbocycles. The molecule has 1 unspecified atom stereocenters. The average molecular weight is 255 g/mol. The van der Waals surface area contributed by atoms with Crippen LogP contribution in [0.1, 0.15) is 22.8 Å². The molecule has 0 saturated heterocycles. The zero-order valence-electron chi connectivity index (χ0n) is 10.8. The minimum Gasteiger partial charge on any atom is -0.478 e. The molecule has 1 rings (SSSR count). The van der Waals surface area contributed by atoms with E-state index in [9.17, 15) is 9.18 Å². The molecule has 0 radical (unpaired) electrons. The minimum atomic E-state index is -1.05. The molecule has 4 nitrogen and oxygen atoms in total. The second-order valence-corrected chi connectivity index (χ2v) is 4.33. The van der Waals surface area contributed by atoms with Gasteiger partial charge in [-0.2, -0.15) is 0 Å². The minimum absolute atomic E-state index is 0.0965. The quantitative estimate of drug-likeness (QED) is 0.844.